The summed E-state index contributed by atoms with van der Waals surface area (Å²) in [6.07, 6.45) is 0.833. The quantitative estimate of drug-likeness (QED) is 0.579. The Labute approximate surface area is 128 Å². The summed E-state index contributed by atoms with van der Waals surface area (Å²) in [4.78, 5) is 9.25. The molecule has 1 heterocycles. The summed E-state index contributed by atoms with van der Waals surface area (Å²) in [6, 6.07) is 0. The van der Waals surface area contributed by atoms with Gasteiger partial charge in [0.05, 0.1) is 14.7 Å². The third kappa shape index (κ3) is 3.27. The van der Waals surface area contributed by atoms with Crippen molar-refractivity contribution in [2.45, 2.75) is 65.0 Å². The van der Waals surface area contributed by atoms with E-state index in [1.807, 2.05) is 0 Å². The summed E-state index contributed by atoms with van der Waals surface area (Å²) in [5.74, 6) is -0.981. The standard InChI is InChI=1S/C10H28OSi4.C3H4O2/c1-10-11-13(4,5)15(8,9)14(6,7)12(10,2)3;1-2-3(4)5/h10H,1-9H3;2H,1H2,(H,4,5). The molecule has 1 atom stereocenters. The van der Waals surface area contributed by atoms with Crippen LogP contribution in [0.5, 0.6) is 0 Å². The van der Waals surface area contributed by atoms with Crippen LogP contribution in [0.2, 0.25) is 52.4 Å². The van der Waals surface area contributed by atoms with Crippen molar-refractivity contribution in [3.05, 3.63) is 12.7 Å². The van der Waals surface area contributed by atoms with Crippen molar-refractivity contribution in [2.75, 3.05) is 0 Å². The van der Waals surface area contributed by atoms with Crippen LogP contribution in [0, 0.1) is 0 Å². The fourth-order valence-corrected chi connectivity index (χ4v) is 72.1. The molecule has 0 saturated carbocycles. The van der Waals surface area contributed by atoms with E-state index in [4.69, 9.17) is 9.53 Å². The Morgan fingerprint density at radius 2 is 1.40 bits per heavy atom. The van der Waals surface area contributed by atoms with Gasteiger partial charge in [-0.15, -0.1) is 0 Å². The van der Waals surface area contributed by atoms with E-state index in [0.717, 1.165) is 6.08 Å². The second kappa shape index (κ2) is 6.03. The van der Waals surface area contributed by atoms with Gasteiger partial charge >= 0.3 is 5.97 Å². The van der Waals surface area contributed by atoms with Gasteiger partial charge in [-0.3, -0.25) is 0 Å². The highest BCUT2D eigenvalue weighted by atomic mass is 29.8. The van der Waals surface area contributed by atoms with Crippen LogP contribution in [0.1, 0.15) is 6.92 Å². The average Bonchev–Trinajstić information content (AvgIpc) is 2.26. The average molecular weight is 349 g/mol. The van der Waals surface area contributed by atoms with Crippen molar-refractivity contribution in [1.29, 1.82) is 0 Å². The third-order valence-corrected chi connectivity index (χ3v) is 73.4. The molecule has 0 aromatic carbocycles. The molecule has 1 fully saturated rings. The van der Waals surface area contributed by atoms with Gasteiger partial charge in [0.15, 0.2) is 7.83 Å². The first-order valence-electron chi connectivity index (χ1n) is 7.18. The Morgan fingerprint density at radius 3 is 1.70 bits per heavy atom. The SMILES string of the molecule is C=CC(=O)O.CC1O[Si](C)(C)[Si](C)(C)[Si](C)(C)[Si]1(C)C. The minimum Gasteiger partial charge on any atom is -0.478 e. The van der Waals surface area contributed by atoms with Gasteiger partial charge in [0, 0.05) is 18.9 Å². The Bertz CT molecular complexity index is 389. The van der Waals surface area contributed by atoms with Crippen LogP contribution in [0.3, 0.4) is 0 Å². The Hall–Kier alpha value is 0.0375. The van der Waals surface area contributed by atoms with E-state index in [2.05, 4.69) is 65.9 Å². The minimum absolute atomic E-state index is 0.598. The second-order valence-electron chi connectivity index (χ2n) is 7.78. The maximum Gasteiger partial charge on any atom is 0.327 e. The zero-order chi connectivity index (χ0) is 16.6. The Morgan fingerprint density at radius 1 is 1.05 bits per heavy atom. The van der Waals surface area contributed by atoms with E-state index in [0.29, 0.717) is 5.73 Å². The fraction of sp³-hybridized carbons (Fsp3) is 0.769. The molecule has 1 aliphatic rings. The number of aliphatic carboxylic acids is 1. The molecule has 7 heteroatoms. The lowest BCUT2D eigenvalue weighted by atomic mass is 10.7. The van der Waals surface area contributed by atoms with E-state index >= 15 is 0 Å². The van der Waals surface area contributed by atoms with Crippen molar-refractivity contribution < 1.29 is 14.3 Å². The monoisotopic (exact) mass is 348 g/mol. The summed E-state index contributed by atoms with van der Waals surface area (Å²) >= 11 is 0. The molecule has 0 spiro atoms. The molecule has 20 heavy (non-hydrogen) atoms. The molecular weight excluding hydrogens is 316 g/mol. The minimum atomic E-state index is -1.37. The second-order valence-corrected chi connectivity index (χ2v) is 47.3. The molecule has 1 rings (SSSR count). The lowest BCUT2D eigenvalue weighted by molar-refractivity contribution is -0.131. The van der Waals surface area contributed by atoms with Crippen molar-refractivity contribution in [1.82, 2.24) is 0 Å². The molecule has 1 saturated heterocycles. The van der Waals surface area contributed by atoms with Crippen LogP contribution >= 0.6 is 0 Å². The molecular formula is C13H32O3Si4. The molecule has 0 radical (unpaired) electrons. The molecule has 0 aliphatic carbocycles. The Balaban J connectivity index is 0.000000621. The smallest absolute Gasteiger partial charge is 0.327 e. The fourth-order valence-electron chi connectivity index (χ4n) is 2.80. The number of hydrogen-bond donors (Lipinski definition) is 1. The van der Waals surface area contributed by atoms with Crippen molar-refractivity contribution in [3.63, 3.8) is 0 Å². The lowest BCUT2D eigenvalue weighted by Gasteiger charge is -2.61. The molecule has 0 aromatic rings. The largest absolute Gasteiger partial charge is 0.478 e. The van der Waals surface area contributed by atoms with Crippen LogP contribution < -0.4 is 0 Å². The topological polar surface area (TPSA) is 46.5 Å². The molecule has 1 aliphatic heterocycles. The number of carbonyl (C=O) groups is 1. The highest BCUT2D eigenvalue weighted by Crippen LogP contribution is 2.42. The summed E-state index contributed by atoms with van der Waals surface area (Å²) in [7, 11) is -4.64. The third-order valence-electron chi connectivity index (χ3n) is 6.34. The van der Waals surface area contributed by atoms with Crippen LogP contribution in [0.4, 0.5) is 0 Å². The van der Waals surface area contributed by atoms with Gasteiger partial charge in [0.2, 0.25) is 0 Å². The van der Waals surface area contributed by atoms with Crippen LogP contribution in [-0.2, 0) is 9.22 Å². The number of hydrogen-bond acceptors (Lipinski definition) is 2. The van der Waals surface area contributed by atoms with Gasteiger partial charge in [0.25, 0.3) is 0 Å². The first kappa shape index (κ1) is 20.0. The van der Waals surface area contributed by atoms with Gasteiger partial charge in [-0.2, -0.15) is 0 Å². The van der Waals surface area contributed by atoms with Crippen molar-refractivity contribution >= 4 is 35.6 Å². The van der Waals surface area contributed by atoms with Crippen LogP contribution in [-0.4, -0.2) is 46.4 Å². The molecule has 0 bridgehead atoms. The number of rotatable bonds is 1. The molecule has 118 valence electrons. The normalized spacial score (nSPS) is 28.8. The van der Waals surface area contributed by atoms with Gasteiger partial charge in [0.1, 0.15) is 0 Å². The molecule has 0 aromatic heterocycles. The summed E-state index contributed by atoms with van der Waals surface area (Å²) in [6.45, 7) is 26.1. The first-order chi connectivity index (χ1) is 8.65. The van der Waals surface area contributed by atoms with E-state index in [1.165, 1.54) is 0 Å². The highest BCUT2D eigenvalue weighted by Gasteiger charge is 2.65. The van der Waals surface area contributed by atoms with Crippen molar-refractivity contribution in [2.24, 2.45) is 0 Å². The highest BCUT2D eigenvalue weighted by molar-refractivity contribution is 7.83. The van der Waals surface area contributed by atoms with E-state index < -0.39 is 35.6 Å². The predicted molar refractivity (Wildman–Crippen MR) is 98.3 cm³/mol. The van der Waals surface area contributed by atoms with Gasteiger partial charge in [-0.1, -0.05) is 45.9 Å². The zero-order valence-corrected chi connectivity index (χ0v) is 18.6. The van der Waals surface area contributed by atoms with E-state index in [1.54, 1.807) is 0 Å². The number of carboxylic acids is 1. The van der Waals surface area contributed by atoms with Gasteiger partial charge < -0.3 is 9.53 Å². The first-order valence-corrected chi connectivity index (χ1v) is 22.2. The van der Waals surface area contributed by atoms with Crippen molar-refractivity contribution in [3.8, 4) is 0 Å². The van der Waals surface area contributed by atoms with Crippen LogP contribution in [0.15, 0.2) is 12.7 Å². The van der Waals surface area contributed by atoms with E-state index in [9.17, 15) is 4.79 Å². The summed E-state index contributed by atoms with van der Waals surface area (Å²) < 4.78 is 6.54. The van der Waals surface area contributed by atoms with Gasteiger partial charge in [-0.05, 0) is 20.0 Å². The number of carboxylic acid groups (broad SMARTS) is 1. The molecule has 1 unspecified atom stereocenters. The lowest BCUT2D eigenvalue weighted by Crippen LogP contribution is -2.87. The summed E-state index contributed by atoms with van der Waals surface area (Å²) in [5, 5.41) is 7.60. The predicted octanol–water partition coefficient (Wildman–Crippen LogP) is 3.77. The van der Waals surface area contributed by atoms with Gasteiger partial charge in [-0.25, -0.2) is 4.79 Å². The summed E-state index contributed by atoms with van der Waals surface area (Å²) in [5.41, 5.74) is 0.598. The maximum atomic E-state index is 9.25. The van der Waals surface area contributed by atoms with Crippen LogP contribution in [0.25, 0.3) is 0 Å². The maximum absolute atomic E-state index is 9.25. The molecule has 0 amide bonds. The Kier molecular flexibility index (Phi) is 6.05. The zero-order valence-electron chi connectivity index (χ0n) is 14.6. The molecule has 1 N–H and O–H groups in total. The van der Waals surface area contributed by atoms with E-state index in [-0.39, 0.29) is 0 Å². The molecule has 3 nitrogen and oxygen atoms in total.